The second-order valence-corrected chi connectivity index (χ2v) is 7.78. The van der Waals surface area contributed by atoms with Gasteiger partial charge in [-0.2, -0.15) is 5.10 Å². The summed E-state index contributed by atoms with van der Waals surface area (Å²) >= 11 is 0. The van der Waals surface area contributed by atoms with Crippen LogP contribution in [0.2, 0.25) is 0 Å². The van der Waals surface area contributed by atoms with Gasteiger partial charge in [-0.15, -0.1) is 0 Å². The predicted molar refractivity (Wildman–Crippen MR) is 89.0 cm³/mol. The molecule has 1 aromatic rings. The second kappa shape index (κ2) is 6.27. The maximum Gasteiger partial charge on any atom is 0.244 e. The Bertz CT molecular complexity index is 565. The molecule has 4 heterocycles. The average molecular weight is 316 g/mol. The van der Waals surface area contributed by atoms with Crippen LogP contribution < -0.4 is 0 Å². The summed E-state index contributed by atoms with van der Waals surface area (Å²) in [5.41, 5.74) is 1.06. The van der Waals surface area contributed by atoms with E-state index in [0.717, 1.165) is 24.7 Å². The monoisotopic (exact) mass is 316 g/mol. The van der Waals surface area contributed by atoms with Gasteiger partial charge in [-0.05, 0) is 50.5 Å². The third-order valence-electron chi connectivity index (χ3n) is 6.11. The third kappa shape index (κ3) is 3.16. The van der Waals surface area contributed by atoms with Crippen LogP contribution in [0.3, 0.4) is 0 Å². The highest BCUT2D eigenvalue weighted by molar-refractivity contribution is 5.76. The lowest BCUT2D eigenvalue weighted by Crippen LogP contribution is -2.47. The largest absolute Gasteiger partial charge is 0.339 e. The van der Waals surface area contributed by atoms with E-state index in [1.165, 1.54) is 45.2 Å². The molecule has 0 unspecified atom stereocenters. The molecular weight excluding hydrogens is 288 g/mol. The summed E-state index contributed by atoms with van der Waals surface area (Å²) in [6.45, 7) is 6.72. The smallest absolute Gasteiger partial charge is 0.244 e. The van der Waals surface area contributed by atoms with Crippen LogP contribution in [0.5, 0.6) is 0 Å². The molecule has 0 radical (unpaired) electrons. The Labute approximate surface area is 138 Å². The summed E-state index contributed by atoms with van der Waals surface area (Å²) in [7, 11) is 0. The maximum absolute atomic E-state index is 12.7. The molecule has 1 saturated carbocycles. The topological polar surface area (TPSA) is 41.4 Å². The van der Waals surface area contributed by atoms with Crippen LogP contribution in [0.15, 0.2) is 12.3 Å². The predicted octanol–water partition coefficient (Wildman–Crippen LogP) is 1.91. The summed E-state index contributed by atoms with van der Waals surface area (Å²) < 4.78 is 1.82. The first-order valence-corrected chi connectivity index (χ1v) is 9.19. The van der Waals surface area contributed by atoms with Crippen LogP contribution in [0.1, 0.15) is 37.8 Å². The zero-order valence-corrected chi connectivity index (χ0v) is 14.2. The minimum absolute atomic E-state index is 0.235. The number of rotatable bonds is 4. The number of aryl methyl sites for hydroxylation is 1. The molecule has 23 heavy (non-hydrogen) atoms. The molecule has 5 heteroatoms. The van der Waals surface area contributed by atoms with Crippen LogP contribution in [0, 0.1) is 18.8 Å². The van der Waals surface area contributed by atoms with Crippen molar-refractivity contribution in [1.82, 2.24) is 19.6 Å². The fourth-order valence-corrected chi connectivity index (χ4v) is 4.41. The summed E-state index contributed by atoms with van der Waals surface area (Å²) in [5.74, 6) is 1.82. The molecule has 0 aromatic carbocycles. The molecule has 0 N–H and O–H groups in total. The van der Waals surface area contributed by atoms with Crippen molar-refractivity contribution in [3.8, 4) is 0 Å². The van der Waals surface area contributed by atoms with Crippen molar-refractivity contribution in [2.45, 2.75) is 51.6 Å². The van der Waals surface area contributed by atoms with Gasteiger partial charge in [0.2, 0.25) is 5.91 Å². The van der Waals surface area contributed by atoms with Gasteiger partial charge in [-0.25, -0.2) is 0 Å². The van der Waals surface area contributed by atoms with Crippen LogP contribution in [-0.4, -0.2) is 57.7 Å². The Hall–Kier alpha value is -1.36. The average Bonchev–Trinajstić information content (AvgIpc) is 2.73. The fraction of sp³-hybridized carbons (Fsp3) is 0.778. The van der Waals surface area contributed by atoms with Crippen molar-refractivity contribution in [2.75, 3.05) is 26.2 Å². The van der Waals surface area contributed by atoms with Gasteiger partial charge in [0.05, 0.1) is 0 Å². The van der Waals surface area contributed by atoms with Crippen LogP contribution >= 0.6 is 0 Å². The van der Waals surface area contributed by atoms with Gasteiger partial charge in [0.1, 0.15) is 6.54 Å². The molecule has 1 amide bonds. The van der Waals surface area contributed by atoms with E-state index in [-0.39, 0.29) is 5.91 Å². The molecule has 4 aliphatic rings. The number of nitrogens with zero attached hydrogens (tertiary/aromatic N) is 4. The Morgan fingerprint density at radius 1 is 1.22 bits per heavy atom. The third-order valence-corrected chi connectivity index (χ3v) is 6.11. The van der Waals surface area contributed by atoms with E-state index in [1.54, 1.807) is 6.20 Å². The first-order chi connectivity index (χ1) is 11.2. The van der Waals surface area contributed by atoms with Crippen molar-refractivity contribution in [3.63, 3.8) is 0 Å². The molecule has 4 fully saturated rings. The molecule has 5 rings (SSSR count). The van der Waals surface area contributed by atoms with E-state index in [0.29, 0.717) is 18.5 Å². The highest BCUT2D eigenvalue weighted by Gasteiger charge is 2.37. The lowest BCUT2D eigenvalue weighted by atomic mass is 9.83. The standard InChI is InChI=1S/C18H28N4O/c1-14-7-8-19-22(14)13-18(23)21-11-16-5-6-17(12-21)20(10-16)9-15-3-2-4-15/h7-8,15-17H,2-6,9-13H2,1H3/t16-,17-/m1/s1. The Morgan fingerprint density at radius 2 is 2.09 bits per heavy atom. The van der Waals surface area contributed by atoms with Gasteiger partial charge in [0.15, 0.2) is 0 Å². The van der Waals surface area contributed by atoms with E-state index in [1.807, 2.05) is 17.7 Å². The van der Waals surface area contributed by atoms with Crippen molar-refractivity contribution in [3.05, 3.63) is 18.0 Å². The molecule has 0 spiro atoms. The lowest BCUT2D eigenvalue weighted by Gasteiger charge is -2.40. The number of amides is 1. The van der Waals surface area contributed by atoms with Gasteiger partial charge < -0.3 is 4.90 Å². The number of hydrogen-bond acceptors (Lipinski definition) is 3. The first-order valence-electron chi connectivity index (χ1n) is 9.19. The molecule has 2 atom stereocenters. The van der Waals surface area contributed by atoms with Crippen molar-refractivity contribution in [1.29, 1.82) is 0 Å². The molecular formula is C18H28N4O. The van der Waals surface area contributed by atoms with Crippen molar-refractivity contribution in [2.24, 2.45) is 11.8 Å². The first kappa shape index (κ1) is 15.2. The minimum atomic E-state index is 0.235. The molecule has 2 bridgehead atoms. The van der Waals surface area contributed by atoms with Crippen molar-refractivity contribution < 1.29 is 4.79 Å². The minimum Gasteiger partial charge on any atom is -0.339 e. The number of piperidine rings is 1. The second-order valence-electron chi connectivity index (χ2n) is 7.78. The molecule has 1 aliphatic carbocycles. The van der Waals surface area contributed by atoms with E-state index < -0.39 is 0 Å². The summed E-state index contributed by atoms with van der Waals surface area (Å²) in [4.78, 5) is 17.5. The van der Waals surface area contributed by atoms with E-state index in [9.17, 15) is 4.79 Å². The number of aromatic nitrogens is 2. The lowest BCUT2D eigenvalue weighted by molar-refractivity contribution is -0.132. The zero-order valence-electron chi connectivity index (χ0n) is 14.2. The molecule has 1 aromatic heterocycles. The summed E-state index contributed by atoms with van der Waals surface area (Å²) in [6.07, 6.45) is 8.57. The molecule has 126 valence electrons. The van der Waals surface area contributed by atoms with Crippen LogP contribution in [-0.2, 0) is 11.3 Å². The summed E-state index contributed by atoms with van der Waals surface area (Å²) in [5, 5.41) is 4.26. The quantitative estimate of drug-likeness (QED) is 0.852. The van der Waals surface area contributed by atoms with E-state index in [4.69, 9.17) is 0 Å². The fourth-order valence-electron chi connectivity index (χ4n) is 4.41. The van der Waals surface area contributed by atoms with Gasteiger partial charge in [0, 0.05) is 44.1 Å². The van der Waals surface area contributed by atoms with E-state index in [2.05, 4.69) is 14.9 Å². The maximum atomic E-state index is 12.7. The van der Waals surface area contributed by atoms with Crippen LogP contribution in [0.4, 0.5) is 0 Å². The highest BCUT2D eigenvalue weighted by Crippen LogP contribution is 2.33. The number of carbonyl (C=O) groups excluding carboxylic acids is 1. The molecule has 3 aliphatic heterocycles. The molecule has 3 saturated heterocycles. The van der Waals surface area contributed by atoms with Gasteiger partial charge in [-0.3, -0.25) is 14.4 Å². The number of fused-ring (bicyclic) bond motifs is 4. The Balaban J connectivity index is 1.40. The normalized spacial score (nSPS) is 28.7. The number of carbonyl (C=O) groups is 1. The zero-order chi connectivity index (χ0) is 15.8. The highest BCUT2D eigenvalue weighted by atomic mass is 16.2. The van der Waals surface area contributed by atoms with Gasteiger partial charge >= 0.3 is 0 Å². The molecule has 5 nitrogen and oxygen atoms in total. The Morgan fingerprint density at radius 3 is 2.78 bits per heavy atom. The van der Waals surface area contributed by atoms with E-state index >= 15 is 0 Å². The summed E-state index contributed by atoms with van der Waals surface area (Å²) in [6, 6.07) is 2.54. The van der Waals surface area contributed by atoms with Gasteiger partial charge in [0.25, 0.3) is 0 Å². The van der Waals surface area contributed by atoms with Crippen molar-refractivity contribution >= 4 is 5.91 Å². The van der Waals surface area contributed by atoms with Crippen LogP contribution in [0.25, 0.3) is 0 Å². The number of hydrogen-bond donors (Lipinski definition) is 0. The van der Waals surface area contributed by atoms with Gasteiger partial charge in [-0.1, -0.05) is 6.42 Å². The Kier molecular flexibility index (Phi) is 4.14. The SMILES string of the molecule is Cc1ccnn1CC(=O)N1C[C@@H]2CC[C@H](C1)N(CC1CCC1)C2.